The summed E-state index contributed by atoms with van der Waals surface area (Å²) in [6.07, 6.45) is 2.62. The van der Waals surface area contributed by atoms with Crippen LogP contribution >= 0.6 is 0 Å². The van der Waals surface area contributed by atoms with E-state index in [9.17, 15) is 0 Å². The Kier molecular flexibility index (Phi) is 4.51. The van der Waals surface area contributed by atoms with Crippen molar-refractivity contribution in [2.45, 2.75) is 45.7 Å². The fraction of sp³-hybridized carbons (Fsp3) is 0.667. The molecular weight excluding hydrogens is 258 g/mol. The Labute approximate surface area is 129 Å². The number of piperazine rings is 1. The van der Waals surface area contributed by atoms with Gasteiger partial charge in [0.1, 0.15) is 0 Å². The van der Waals surface area contributed by atoms with E-state index in [0.29, 0.717) is 6.04 Å². The summed E-state index contributed by atoms with van der Waals surface area (Å²) in [6.45, 7) is 12.7. The molecule has 2 fully saturated rings. The summed E-state index contributed by atoms with van der Waals surface area (Å²) >= 11 is 0. The molecule has 1 aromatic carbocycles. The maximum Gasteiger partial charge on any atom is 0.0399 e. The van der Waals surface area contributed by atoms with Crippen LogP contribution < -0.4 is 10.2 Å². The molecule has 0 amide bonds. The van der Waals surface area contributed by atoms with E-state index in [0.717, 1.165) is 6.04 Å². The maximum atomic E-state index is 3.56. The van der Waals surface area contributed by atoms with E-state index < -0.39 is 0 Å². The van der Waals surface area contributed by atoms with Crippen molar-refractivity contribution < 1.29 is 0 Å². The normalized spacial score (nSPS) is 27.9. The molecule has 1 aromatic rings. The molecule has 2 unspecified atom stereocenters. The lowest BCUT2D eigenvalue weighted by atomic mass is 9.98. The van der Waals surface area contributed by atoms with Crippen LogP contribution in [-0.4, -0.2) is 49.7 Å². The van der Waals surface area contributed by atoms with Gasteiger partial charge in [-0.1, -0.05) is 12.1 Å². The Morgan fingerprint density at radius 1 is 1.10 bits per heavy atom. The van der Waals surface area contributed by atoms with Crippen molar-refractivity contribution in [3.8, 4) is 0 Å². The highest BCUT2D eigenvalue weighted by Crippen LogP contribution is 2.25. The van der Waals surface area contributed by atoms with Gasteiger partial charge in [0.2, 0.25) is 0 Å². The monoisotopic (exact) mass is 287 g/mol. The number of aryl methyl sites for hydroxylation is 1. The Bertz CT molecular complexity index is 477. The quantitative estimate of drug-likeness (QED) is 0.902. The smallest absolute Gasteiger partial charge is 0.0399 e. The van der Waals surface area contributed by atoms with Crippen LogP contribution in [0.15, 0.2) is 18.2 Å². The topological polar surface area (TPSA) is 18.5 Å². The fourth-order valence-electron chi connectivity index (χ4n) is 3.84. The second-order valence-corrected chi connectivity index (χ2v) is 6.78. The first-order chi connectivity index (χ1) is 10.1. The van der Waals surface area contributed by atoms with Crippen LogP contribution in [0.3, 0.4) is 0 Å². The third-order valence-corrected chi connectivity index (χ3v) is 5.34. The third-order valence-electron chi connectivity index (χ3n) is 5.34. The van der Waals surface area contributed by atoms with Crippen molar-refractivity contribution in [3.05, 3.63) is 29.3 Å². The van der Waals surface area contributed by atoms with Gasteiger partial charge in [-0.3, -0.25) is 4.90 Å². The van der Waals surface area contributed by atoms with Crippen LogP contribution in [-0.2, 0) is 0 Å². The molecule has 3 rings (SSSR count). The van der Waals surface area contributed by atoms with Gasteiger partial charge in [0.05, 0.1) is 0 Å². The number of piperidine rings is 1. The van der Waals surface area contributed by atoms with Gasteiger partial charge >= 0.3 is 0 Å². The average molecular weight is 287 g/mol. The lowest BCUT2D eigenvalue weighted by molar-refractivity contribution is 0.139. The molecule has 21 heavy (non-hydrogen) atoms. The number of nitrogens with one attached hydrogen (secondary N) is 1. The van der Waals surface area contributed by atoms with Gasteiger partial charge in [-0.05, 0) is 57.4 Å². The first-order valence-corrected chi connectivity index (χ1v) is 8.44. The van der Waals surface area contributed by atoms with Gasteiger partial charge in [-0.15, -0.1) is 0 Å². The second-order valence-electron chi connectivity index (χ2n) is 6.78. The van der Waals surface area contributed by atoms with E-state index in [1.54, 1.807) is 0 Å². The number of hydrogen-bond acceptors (Lipinski definition) is 3. The molecule has 116 valence electrons. The Morgan fingerprint density at radius 2 is 1.86 bits per heavy atom. The lowest BCUT2D eigenvalue weighted by Crippen LogP contribution is -2.54. The van der Waals surface area contributed by atoms with Gasteiger partial charge in [0.25, 0.3) is 0 Å². The van der Waals surface area contributed by atoms with Crippen LogP contribution in [0.5, 0.6) is 0 Å². The van der Waals surface area contributed by atoms with E-state index in [2.05, 4.69) is 54.1 Å². The number of anilines is 1. The Morgan fingerprint density at radius 3 is 2.57 bits per heavy atom. The van der Waals surface area contributed by atoms with E-state index in [1.165, 1.54) is 62.4 Å². The van der Waals surface area contributed by atoms with E-state index in [-0.39, 0.29) is 0 Å². The van der Waals surface area contributed by atoms with Crippen LogP contribution in [0.25, 0.3) is 0 Å². The van der Waals surface area contributed by atoms with Gasteiger partial charge in [-0.25, -0.2) is 0 Å². The minimum Gasteiger partial charge on any atom is -0.369 e. The first kappa shape index (κ1) is 14.9. The van der Waals surface area contributed by atoms with Crippen LogP contribution in [0.4, 0.5) is 5.69 Å². The van der Waals surface area contributed by atoms with E-state index >= 15 is 0 Å². The second kappa shape index (κ2) is 6.37. The molecule has 2 saturated heterocycles. The molecule has 0 radical (unpaired) electrons. The predicted octanol–water partition coefficient (Wildman–Crippen LogP) is 2.57. The van der Waals surface area contributed by atoms with Crippen molar-refractivity contribution in [2.24, 2.45) is 0 Å². The molecule has 2 heterocycles. The largest absolute Gasteiger partial charge is 0.369 e. The van der Waals surface area contributed by atoms with Crippen molar-refractivity contribution in [2.75, 3.05) is 37.6 Å². The zero-order valence-corrected chi connectivity index (χ0v) is 13.7. The summed E-state index contributed by atoms with van der Waals surface area (Å²) in [7, 11) is 0. The molecule has 1 N–H and O–H groups in total. The molecule has 0 aliphatic carbocycles. The molecule has 2 aliphatic rings. The minimum absolute atomic E-state index is 0.681. The van der Waals surface area contributed by atoms with Crippen molar-refractivity contribution in [1.29, 1.82) is 0 Å². The lowest BCUT2D eigenvalue weighted by Gasteiger charge is -2.43. The van der Waals surface area contributed by atoms with Crippen molar-refractivity contribution >= 4 is 5.69 Å². The van der Waals surface area contributed by atoms with Gasteiger partial charge in [-0.2, -0.15) is 0 Å². The molecule has 2 atom stereocenters. The Balaban J connectivity index is 1.61. The van der Waals surface area contributed by atoms with Gasteiger partial charge < -0.3 is 10.2 Å². The van der Waals surface area contributed by atoms with E-state index in [1.807, 2.05) is 0 Å². The SMILES string of the molecule is Cc1cccc(N2CCN(C3CCNC(C)C3)CC2)c1C. The van der Waals surface area contributed by atoms with Crippen molar-refractivity contribution in [3.63, 3.8) is 0 Å². The van der Waals surface area contributed by atoms with Gasteiger partial charge in [0.15, 0.2) is 0 Å². The number of hydrogen-bond donors (Lipinski definition) is 1. The summed E-state index contributed by atoms with van der Waals surface area (Å²) in [5.74, 6) is 0. The minimum atomic E-state index is 0.681. The molecule has 0 spiro atoms. The molecular formula is C18H29N3. The van der Waals surface area contributed by atoms with Gasteiger partial charge in [0, 0.05) is 44.0 Å². The molecule has 3 nitrogen and oxygen atoms in total. The highest BCUT2D eigenvalue weighted by atomic mass is 15.3. The molecule has 2 aliphatic heterocycles. The number of benzene rings is 1. The summed E-state index contributed by atoms with van der Waals surface area (Å²) in [6, 6.07) is 8.16. The van der Waals surface area contributed by atoms with Crippen molar-refractivity contribution in [1.82, 2.24) is 10.2 Å². The highest BCUT2D eigenvalue weighted by Gasteiger charge is 2.27. The number of nitrogens with zero attached hydrogens (tertiary/aromatic N) is 2. The summed E-state index contributed by atoms with van der Waals surface area (Å²) in [5.41, 5.74) is 4.29. The predicted molar refractivity (Wildman–Crippen MR) is 90.2 cm³/mol. The summed E-state index contributed by atoms with van der Waals surface area (Å²) < 4.78 is 0. The van der Waals surface area contributed by atoms with Crippen LogP contribution in [0.1, 0.15) is 30.9 Å². The summed E-state index contributed by atoms with van der Waals surface area (Å²) in [5, 5.41) is 3.56. The third kappa shape index (κ3) is 3.24. The zero-order chi connectivity index (χ0) is 14.8. The standard InChI is InChI=1S/C18H29N3/c1-14-5-4-6-18(16(14)3)21-11-9-20(10-12-21)17-7-8-19-15(2)13-17/h4-6,15,17,19H,7-13H2,1-3H3. The zero-order valence-electron chi connectivity index (χ0n) is 13.7. The average Bonchev–Trinajstić information content (AvgIpc) is 2.50. The molecule has 3 heteroatoms. The van der Waals surface area contributed by atoms with Crippen LogP contribution in [0.2, 0.25) is 0 Å². The highest BCUT2D eigenvalue weighted by molar-refractivity contribution is 5.56. The molecule has 0 aromatic heterocycles. The molecule has 0 bridgehead atoms. The Hall–Kier alpha value is -1.06. The fourth-order valence-corrected chi connectivity index (χ4v) is 3.84. The number of rotatable bonds is 2. The molecule has 0 saturated carbocycles. The maximum absolute atomic E-state index is 3.56. The van der Waals surface area contributed by atoms with Crippen LogP contribution in [0, 0.1) is 13.8 Å². The summed E-state index contributed by atoms with van der Waals surface area (Å²) in [4.78, 5) is 5.29. The first-order valence-electron chi connectivity index (χ1n) is 8.44. The van der Waals surface area contributed by atoms with E-state index in [4.69, 9.17) is 0 Å².